The highest BCUT2D eigenvalue weighted by Crippen LogP contribution is 2.34. The SMILES string of the molecule is CC(C(=O)O)N1C(=O)/C(=C/c2ccc(OCCC(=O)O)cc2)SC1=S. The number of carboxylic acids is 2. The normalized spacial score (nSPS) is 17.0. The predicted molar refractivity (Wildman–Crippen MR) is 96.3 cm³/mol. The van der Waals surface area contributed by atoms with Gasteiger partial charge in [0, 0.05) is 0 Å². The average Bonchev–Trinajstić information content (AvgIpc) is 2.82. The third-order valence-corrected chi connectivity index (χ3v) is 4.66. The van der Waals surface area contributed by atoms with Crippen molar-refractivity contribution in [2.75, 3.05) is 6.61 Å². The highest BCUT2D eigenvalue weighted by molar-refractivity contribution is 8.26. The molecule has 1 amide bonds. The Morgan fingerprint density at radius 3 is 2.52 bits per heavy atom. The molecule has 25 heavy (non-hydrogen) atoms. The number of thiocarbonyl (C=S) groups is 1. The predicted octanol–water partition coefficient (Wildman–Crippen LogP) is 2.21. The van der Waals surface area contributed by atoms with E-state index in [-0.39, 0.29) is 17.3 Å². The Labute approximate surface area is 153 Å². The number of rotatable bonds is 7. The van der Waals surface area contributed by atoms with Gasteiger partial charge in [0.2, 0.25) is 0 Å². The molecule has 2 N–H and O–H groups in total. The number of amides is 1. The summed E-state index contributed by atoms with van der Waals surface area (Å²) in [7, 11) is 0. The van der Waals surface area contributed by atoms with Gasteiger partial charge in [-0.3, -0.25) is 14.5 Å². The summed E-state index contributed by atoms with van der Waals surface area (Å²) in [5, 5.41) is 17.6. The summed E-state index contributed by atoms with van der Waals surface area (Å²) in [5.41, 5.74) is 0.717. The third kappa shape index (κ3) is 4.80. The second-order valence-electron chi connectivity index (χ2n) is 5.13. The monoisotopic (exact) mass is 381 g/mol. The van der Waals surface area contributed by atoms with Gasteiger partial charge in [-0.15, -0.1) is 0 Å². The van der Waals surface area contributed by atoms with Gasteiger partial charge in [0.15, 0.2) is 0 Å². The van der Waals surface area contributed by atoms with E-state index in [0.29, 0.717) is 16.2 Å². The highest BCUT2D eigenvalue weighted by Gasteiger charge is 2.38. The van der Waals surface area contributed by atoms with Gasteiger partial charge in [-0.25, -0.2) is 4.79 Å². The number of ether oxygens (including phenoxy) is 1. The van der Waals surface area contributed by atoms with Crippen LogP contribution in [-0.4, -0.2) is 49.9 Å². The maximum absolute atomic E-state index is 12.3. The van der Waals surface area contributed by atoms with E-state index in [1.807, 2.05) is 0 Å². The largest absolute Gasteiger partial charge is 0.493 e. The molecule has 9 heteroatoms. The van der Waals surface area contributed by atoms with Gasteiger partial charge >= 0.3 is 11.9 Å². The van der Waals surface area contributed by atoms with Crippen LogP contribution >= 0.6 is 24.0 Å². The van der Waals surface area contributed by atoms with E-state index < -0.39 is 23.9 Å². The fourth-order valence-corrected chi connectivity index (χ4v) is 3.41. The summed E-state index contributed by atoms with van der Waals surface area (Å²) in [5.74, 6) is -1.98. The number of carboxylic acid groups (broad SMARTS) is 2. The third-order valence-electron chi connectivity index (χ3n) is 3.33. The quantitative estimate of drug-likeness (QED) is 0.547. The van der Waals surface area contributed by atoms with Crippen molar-refractivity contribution >= 4 is 52.2 Å². The number of hydrogen-bond donors (Lipinski definition) is 2. The Balaban J connectivity index is 2.07. The van der Waals surface area contributed by atoms with Crippen molar-refractivity contribution in [3.05, 3.63) is 34.7 Å². The van der Waals surface area contributed by atoms with Crippen molar-refractivity contribution in [3.63, 3.8) is 0 Å². The zero-order chi connectivity index (χ0) is 18.6. The Bertz CT molecular complexity index is 743. The molecule has 132 valence electrons. The van der Waals surface area contributed by atoms with Crippen LogP contribution in [0.5, 0.6) is 5.75 Å². The molecular formula is C16H15NO6S2. The van der Waals surface area contributed by atoms with Crippen LogP contribution in [0, 0.1) is 0 Å². The van der Waals surface area contributed by atoms with Crippen LogP contribution in [-0.2, 0) is 14.4 Å². The molecule has 1 fully saturated rings. The van der Waals surface area contributed by atoms with Crippen molar-refractivity contribution in [1.82, 2.24) is 4.90 Å². The fraction of sp³-hybridized carbons (Fsp3) is 0.250. The molecular weight excluding hydrogens is 366 g/mol. The van der Waals surface area contributed by atoms with Gasteiger partial charge in [-0.2, -0.15) is 0 Å². The molecule has 0 spiro atoms. The van der Waals surface area contributed by atoms with Crippen molar-refractivity contribution < 1.29 is 29.3 Å². The molecule has 1 aromatic rings. The zero-order valence-electron chi connectivity index (χ0n) is 13.2. The first-order valence-electron chi connectivity index (χ1n) is 7.24. The smallest absolute Gasteiger partial charge is 0.326 e. The molecule has 2 rings (SSSR count). The van der Waals surface area contributed by atoms with Gasteiger partial charge < -0.3 is 14.9 Å². The maximum Gasteiger partial charge on any atom is 0.326 e. The summed E-state index contributed by atoms with van der Waals surface area (Å²) < 4.78 is 5.50. The lowest BCUT2D eigenvalue weighted by Gasteiger charge is -2.18. The van der Waals surface area contributed by atoms with Gasteiger partial charge in [0.25, 0.3) is 5.91 Å². The molecule has 0 aromatic heterocycles. The zero-order valence-corrected chi connectivity index (χ0v) is 14.8. The first-order valence-corrected chi connectivity index (χ1v) is 8.46. The fourth-order valence-electron chi connectivity index (χ4n) is 1.99. The number of nitrogens with zero attached hydrogens (tertiary/aromatic N) is 1. The first-order chi connectivity index (χ1) is 11.8. The highest BCUT2D eigenvalue weighted by atomic mass is 32.2. The standard InChI is InChI=1S/C16H15NO6S2/c1-9(15(21)22)17-14(20)12(25-16(17)24)8-10-2-4-11(5-3-10)23-7-6-13(18)19/h2-5,8-9H,6-7H2,1H3,(H,18,19)(H,21,22)/b12-8-. The van der Waals surface area contributed by atoms with E-state index in [9.17, 15) is 14.4 Å². The van der Waals surface area contributed by atoms with E-state index in [1.165, 1.54) is 6.92 Å². The summed E-state index contributed by atoms with van der Waals surface area (Å²) in [6.45, 7) is 1.47. The van der Waals surface area contributed by atoms with Crippen LogP contribution in [0.25, 0.3) is 6.08 Å². The first kappa shape index (κ1) is 18.9. The second-order valence-corrected chi connectivity index (χ2v) is 6.80. The Morgan fingerprint density at radius 1 is 1.32 bits per heavy atom. The average molecular weight is 381 g/mol. The van der Waals surface area contributed by atoms with Crippen LogP contribution < -0.4 is 4.74 Å². The lowest BCUT2D eigenvalue weighted by molar-refractivity contribution is -0.144. The van der Waals surface area contributed by atoms with Crippen molar-refractivity contribution in [1.29, 1.82) is 0 Å². The molecule has 7 nitrogen and oxygen atoms in total. The van der Waals surface area contributed by atoms with Gasteiger partial charge in [0.1, 0.15) is 16.1 Å². The summed E-state index contributed by atoms with van der Waals surface area (Å²) in [6, 6.07) is 5.72. The van der Waals surface area contributed by atoms with E-state index in [1.54, 1.807) is 30.3 Å². The summed E-state index contributed by atoms with van der Waals surface area (Å²) in [4.78, 5) is 35.3. The maximum atomic E-state index is 12.3. The second kappa shape index (κ2) is 8.13. The lowest BCUT2D eigenvalue weighted by Crippen LogP contribution is -2.41. The number of thioether (sulfide) groups is 1. The number of hydrogen-bond acceptors (Lipinski definition) is 6. The molecule has 1 saturated heterocycles. The van der Waals surface area contributed by atoms with Crippen LogP contribution in [0.2, 0.25) is 0 Å². The minimum Gasteiger partial charge on any atom is -0.493 e. The summed E-state index contributed by atoms with van der Waals surface area (Å²) >= 11 is 6.14. The van der Waals surface area contributed by atoms with Gasteiger partial charge in [-0.1, -0.05) is 36.1 Å². The Morgan fingerprint density at radius 2 is 1.96 bits per heavy atom. The van der Waals surface area contributed by atoms with Crippen molar-refractivity contribution in [3.8, 4) is 5.75 Å². The molecule has 0 saturated carbocycles. The number of aliphatic carboxylic acids is 2. The lowest BCUT2D eigenvalue weighted by atomic mass is 10.2. The number of carbonyl (C=O) groups is 3. The van der Waals surface area contributed by atoms with Crippen LogP contribution in [0.3, 0.4) is 0 Å². The molecule has 1 aromatic carbocycles. The molecule has 0 bridgehead atoms. The minimum absolute atomic E-state index is 0.0699. The molecule has 1 aliphatic heterocycles. The van der Waals surface area contributed by atoms with Crippen molar-refractivity contribution in [2.45, 2.75) is 19.4 Å². The summed E-state index contributed by atoms with van der Waals surface area (Å²) in [6.07, 6.45) is 1.53. The Kier molecular flexibility index (Phi) is 6.16. The number of benzene rings is 1. The van der Waals surface area contributed by atoms with Gasteiger partial charge in [0.05, 0.1) is 17.9 Å². The van der Waals surface area contributed by atoms with E-state index in [4.69, 9.17) is 27.2 Å². The van der Waals surface area contributed by atoms with Gasteiger partial charge in [-0.05, 0) is 30.7 Å². The van der Waals surface area contributed by atoms with E-state index in [0.717, 1.165) is 16.7 Å². The van der Waals surface area contributed by atoms with Crippen LogP contribution in [0.4, 0.5) is 0 Å². The molecule has 1 heterocycles. The molecule has 1 aliphatic rings. The molecule has 1 unspecified atom stereocenters. The minimum atomic E-state index is -1.12. The Hall–Kier alpha value is -2.39. The molecule has 0 radical (unpaired) electrons. The van der Waals surface area contributed by atoms with Crippen molar-refractivity contribution in [2.24, 2.45) is 0 Å². The van der Waals surface area contributed by atoms with Crippen LogP contribution in [0.1, 0.15) is 18.9 Å². The topological polar surface area (TPSA) is 104 Å². The van der Waals surface area contributed by atoms with E-state index in [2.05, 4.69) is 0 Å². The molecule has 0 aliphatic carbocycles. The molecule has 1 atom stereocenters. The number of carbonyl (C=O) groups excluding carboxylic acids is 1. The van der Waals surface area contributed by atoms with E-state index >= 15 is 0 Å². The van der Waals surface area contributed by atoms with Crippen LogP contribution in [0.15, 0.2) is 29.2 Å².